The van der Waals surface area contributed by atoms with E-state index in [1.807, 2.05) is 0 Å². The van der Waals surface area contributed by atoms with Gasteiger partial charge in [0.2, 0.25) is 0 Å². The predicted molar refractivity (Wildman–Crippen MR) is 78.9 cm³/mol. The lowest BCUT2D eigenvalue weighted by molar-refractivity contribution is 0.0554. The van der Waals surface area contributed by atoms with Crippen LogP contribution in [-0.4, -0.2) is 36.1 Å². The van der Waals surface area contributed by atoms with Gasteiger partial charge in [0, 0.05) is 24.7 Å². The highest BCUT2D eigenvalue weighted by Crippen LogP contribution is 2.35. The van der Waals surface area contributed by atoms with Crippen molar-refractivity contribution in [2.24, 2.45) is 11.8 Å². The smallest absolute Gasteiger partial charge is 0.00965 e. The summed E-state index contributed by atoms with van der Waals surface area (Å²) < 4.78 is 0. The second-order valence-corrected chi connectivity index (χ2v) is 7.67. The molecule has 106 valence electrons. The molecule has 0 spiro atoms. The molecule has 1 aliphatic carbocycles. The fraction of sp³-hybridized carbons (Fsp3) is 1.00. The molecule has 1 aliphatic heterocycles. The molecule has 1 saturated carbocycles. The van der Waals surface area contributed by atoms with Crippen molar-refractivity contribution in [1.82, 2.24) is 10.2 Å². The summed E-state index contributed by atoms with van der Waals surface area (Å²) in [7, 11) is 0. The molecular formula is C16H32N2. The van der Waals surface area contributed by atoms with Gasteiger partial charge in [0.1, 0.15) is 0 Å². The van der Waals surface area contributed by atoms with Crippen LogP contribution in [0.3, 0.4) is 0 Å². The molecule has 0 radical (unpaired) electrons. The third kappa shape index (κ3) is 4.24. The number of likely N-dealkylation sites (tertiary alicyclic amines) is 1. The molecule has 0 aromatic rings. The molecule has 3 atom stereocenters. The van der Waals surface area contributed by atoms with Crippen LogP contribution >= 0.6 is 0 Å². The van der Waals surface area contributed by atoms with E-state index in [0.717, 1.165) is 24.4 Å². The first-order valence-electron chi connectivity index (χ1n) is 7.93. The Bertz CT molecular complexity index is 244. The van der Waals surface area contributed by atoms with E-state index in [9.17, 15) is 0 Å². The summed E-state index contributed by atoms with van der Waals surface area (Å²) in [6.45, 7) is 13.1. The van der Waals surface area contributed by atoms with E-state index in [-0.39, 0.29) is 5.54 Å². The van der Waals surface area contributed by atoms with Gasteiger partial charge >= 0.3 is 0 Å². The number of piperidine rings is 1. The van der Waals surface area contributed by atoms with E-state index in [2.05, 4.69) is 37.9 Å². The Morgan fingerprint density at radius 2 is 1.78 bits per heavy atom. The normalized spacial score (nSPS) is 31.3. The minimum absolute atomic E-state index is 0.262. The van der Waals surface area contributed by atoms with Crippen molar-refractivity contribution in [1.29, 1.82) is 0 Å². The molecule has 1 N–H and O–H groups in total. The number of nitrogens with one attached hydrogen (secondary N) is 1. The van der Waals surface area contributed by atoms with E-state index in [4.69, 9.17) is 0 Å². The Balaban J connectivity index is 1.73. The summed E-state index contributed by atoms with van der Waals surface area (Å²) in [5, 5.41) is 3.62. The fourth-order valence-corrected chi connectivity index (χ4v) is 3.67. The topological polar surface area (TPSA) is 15.3 Å². The minimum Gasteiger partial charge on any atom is -0.312 e. The quantitative estimate of drug-likeness (QED) is 0.826. The average molecular weight is 252 g/mol. The number of hydrogen-bond donors (Lipinski definition) is 1. The second-order valence-electron chi connectivity index (χ2n) is 7.67. The van der Waals surface area contributed by atoms with Gasteiger partial charge < -0.3 is 10.2 Å². The van der Waals surface area contributed by atoms with Crippen LogP contribution in [0.1, 0.15) is 59.8 Å². The lowest BCUT2D eigenvalue weighted by Crippen LogP contribution is -2.48. The molecule has 0 aromatic carbocycles. The maximum Gasteiger partial charge on any atom is 0.00965 e. The maximum absolute atomic E-state index is 3.62. The fourth-order valence-electron chi connectivity index (χ4n) is 3.67. The van der Waals surface area contributed by atoms with E-state index in [1.165, 1.54) is 45.2 Å². The maximum atomic E-state index is 3.62. The highest BCUT2D eigenvalue weighted by atomic mass is 15.2. The molecule has 2 nitrogen and oxygen atoms in total. The third-order valence-electron chi connectivity index (χ3n) is 4.72. The molecule has 0 aromatic heterocycles. The molecule has 3 unspecified atom stereocenters. The molecule has 2 rings (SSSR count). The molecule has 1 saturated heterocycles. The van der Waals surface area contributed by atoms with Crippen LogP contribution in [0.2, 0.25) is 0 Å². The Morgan fingerprint density at radius 3 is 2.33 bits per heavy atom. The van der Waals surface area contributed by atoms with Crippen molar-refractivity contribution in [2.45, 2.75) is 71.4 Å². The summed E-state index contributed by atoms with van der Waals surface area (Å²) in [6, 6.07) is 0.753. The largest absolute Gasteiger partial charge is 0.312 e. The van der Waals surface area contributed by atoms with E-state index < -0.39 is 0 Å². The highest BCUT2D eigenvalue weighted by molar-refractivity contribution is 4.86. The standard InChI is InChI=1S/C16H32N2/c1-13(8-9-17-16(2,3)4)18-11-14-6-5-7-15(10-14)12-18/h13-15,17H,5-12H2,1-4H3. The monoisotopic (exact) mass is 252 g/mol. The van der Waals surface area contributed by atoms with Crippen LogP contribution in [0.15, 0.2) is 0 Å². The van der Waals surface area contributed by atoms with E-state index in [1.54, 1.807) is 0 Å². The molecule has 2 fully saturated rings. The van der Waals surface area contributed by atoms with Gasteiger partial charge in [0.05, 0.1) is 0 Å². The Labute approximate surface area is 114 Å². The van der Waals surface area contributed by atoms with E-state index in [0.29, 0.717) is 0 Å². The number of hydrogen-bond acceptors (Lipinski definition) is 2. The van der Waals surface area contributed by atoms with Gasteiger partial charge in [0.15, 0.2) is 0 Å². The van der Waals surface area contributed by atoms with Crippen LogP contribution in [0.25, 0.3) is 0 Å². The SMILES string of the molecule is CC(CCNC(C)(C)C)N1CC2CCCC(C2)C1. The van der Waals surface area contributed by atoms with Gasteiger partial charge in [-0.3, -0.25) is 0 Å². The molecule has 0 amide bonds. The van der Waals surface area contributed by atoms with Gasteiger partial charge in [-0.25, -0.2) is 0 Å². The van der Waals surface area contributed by atoms with Crippen molar-refractivity contribution in [3.8, 4) is 0 Å². The average Bonchev–Trinajstić information content (AvgIpc) is 2.26. The van der Waals surface area contributed by atoms with E-state index >= 15 is 0 Å². The van der Waals surface area contributed by atoms with Crippen molar-refractivity contribution >= 4 is 0 Å². The van der Waals surface area contributed by atoms with Gasteiger partial charge in [-0.15, -0.1) is 0 Å². The Hall–Kier alpha value is -0.0800. The van der Waals surface area contributed by atoms with Crippen molar-refractivity contribution in [2.75, 3.05) is 19.6 Å². The van der Waals surface area contributed by atoms with Crippen LogP contribution in [0.5, 0.6) is 0 Å². The summed E-state index contributed by atoms with van der Waals surface area (Å²) in [6.07, 6.45) is 7.27. The molecule has 1 heterocycles. The van der Waals surface area contributed by atoms with Gasteiger partial charge in [-0.2, -0.15) is 0 Å². The third-order valence-corrected chi connectivity index (χ3v) is 4.72. The summed E-state index contributed by atoms with van der Waals surface area (Å²) in [4.78, 5) is 2.77. The summed E-state index contributed by atoms with van der Waals surface area (Å²) in [5.41, 5.74) is 0.262. The summed E-state index contributed by atoms with van der Waals surface area (Å²) >= 11 is 0. The molecule has 2 heteroatoms. The van der Waals surface area contributed by atoms with Gasteiger partial charge in [-0.1, -0.05) is 6.42 Å². The predicted octanol–water partition coefficient (Wildman–Crippen LogP) is 3.28. The zero-order chi connectivity index (χ0) is 13.2. The molecule has 2 aliphatic rings. The Kier molecular flexibility index (Phi) is 4.71. The number of rotatable bonds is 4. The van der Waals surface area contributed by atoms with Gasteiger partial charge in [0.25, 0.3) is 0 Å². The zero-order valence-electron chi connectivity index (χ0n) is 12.8. The zero-order valence-corrected chi connectivity index (χ0v) is 12.8. The molecule has 2 bridgehead atoms. The summed E-state index contributed by atoms with van der Waals surface area (Å²) in [5.74, 6) is 2.02. The highest BCUT2D eigenvalue weighted by Gasteiger charge is 2.32. The Morgan fingerprint density at radius 1 is 1.17 bits per heavy atom. The van der Waals surface area contributed by atoms with Crippen LogP contribution < -0.4 is 5.32 Å². The lowest BCUT2D eigenvalue weighted by Gasteiger charge is -2.44. The van der Waals surface area contributed by atoms with Crippen molar-refractivity contribution in [3.05, 3.63) is 0 Å². The first-order chi connectivity index (χ1) is 8.44. The number of nitrogens with zero attached hydrogens (tertiary/aromatic N) is 1. The van der Waals surface area contributed by atoms with Crippen molar-refractivity contribution in [3.63, 3.8) is 0 Å². The first kappa shape index (κ1) is 14.3. The first-order valence-corrected chi connectivity index (χ1v) is 7.93. The number of fused-ring (bicyclic) bond motifs is 2. The lowest BCUT2D eigenvalue weighted by atomic mass is 9.77. The minimum atomic E-state index is 0.262. The molecular weight excluding hydrogens is 220 g/mol. The molecule has 18 heavy (non-hydrogen) atoms. The van der Waals surface area contributed by atoms with Crippen molar-refractivity contribution < 1.29 is 0 Å². The second kappa shape index (κ2) is 5.92. The van der Waals surface area contributed by atoms with Crippen LogP contribution in [0, 0.1) is 11.8 Å². The van der Waals surface area contributed by atoms with Gasteiger partial charge in [-0.05, 0) is 71.8 Å². The van der Waals surface area contributed by atoms with Crippen LogP contribution in [0.4, 0.5) is 0 Å². The van der Waals surface area contributed by atoms with Crippen LogP contribution in [-0.2, 0) is 0 Å².